The normalized spacial score (nSPS) is 23.2. The molecule has 1 aliphatic carbocycles. The lowest BCUT2D eigenvalue weighted by Crippen LogP contribution is -2.52. The van der Waals surface area contributed by atoms with Crippen LogP contribution in [-0.4, -0.2) is 50.2 Å². The number of amides is 3. The summed E-state index contributed by atoms with van der Waals surface area (Å²) in [7, 11) is 3.15. The fourth-order valence-electron chi connectivity index (χ4n) is 4.42. The Labute approximate surface area is 173 Å². The molecule has 2 atom stereocenters. The van der Waals surface area contributed by atoms with E-state index in [2.05, 4.69) is 10.6 Å². The molecule has 7 heteroatoms. The molecule has 1 saturated carbocycles. The van der Waals surface area contributed by atoms with Crippen molar-refractivity contribution in [3.63, 3.8) is 0 Å². The first-order valence-corrected chi connectivity index (χ1v) is 10.7. The molecule has 0 radical (unpaired) electrons. The van der Waals surface area contributed by atoms with E-state index in [0.717, 1.165) is 57.9 Å². The first-order valence-electron chi connectivity index (χ1n) is 10.7. The van der Waals surface area contributed by atoms with E-state index in [-0.39, 0.29) is 23.9 Å². The highest BCUT2D eigenvalue weighted by Gasteiger charge is 2.37. The van der Waals surface area contributed by atoms with Gasteiger partial charge >= 0.3 is 6.03 Å². The predicted molar refractivity (Wildman–Crippen MR) is 112 cm³/mol. The number of anilines is 1. The Morgan fingerprint density at radius 3 is 2.59 bits per heavy atom. The molecule has 1 aromatic carbocycles. The van der Waals surface area contributed by atoms with E-state index in [9.17, 15) is 9.59 Å². The van der Waals surface area contributed by atoms with E-state index in [0.29, 0.717) is 23.7 Å². The SMILES string of the molecule is COc1ccc(NC(=O)N2CCCCCCNC(=O)[C@@H]3CCCC[C@@H]32)cc1OC. The van der Waals surface area contributed by atoms with Crippen LogP contribution in [0.15, 0.2) is 18.2 Å². The number of ether oxygens (including phenoxy) is 2. The molecule has 7 nitrogen and oxygen atoms in total. The van der Waals surface area contributed by atoms with Crippen LogP contribution in [0.3, 0.4) is 0 Å². The van der Waals surface area contributed by atoms with Crippen molar-refractivity contribution in [2.45, 2.75) is 57.4 Å². The van der Waals surface area contributed by atoms with Crippen LogP contribution in [0, 0.1) is 5.92 Å². The number of urea groups is 1. The van der Waals surface area contributed by atoms with Gasteiger partial charge in [-0.15, -0.1) is 0 Å². The summed E-state index contributed by atoms with van der Waals surface area (Å²) in [5.74, 6) is 1.15. The molecular formula is C22H33N3O4. The summed E-state index contributed by atoms with van der Waals surface area (Å²) in [5, 5.41) is 6.09. The third kappa shape index (κ3) is 5.34. The molecule has 160 valence electrons. The molecular weight excluding hydrogens is 370 g/mol. The van der Waals surface area contributed by atoms with Gasteiger partial charge in [-0.2, -0.15) is 0 Å². The van der Waals surface area contributed by atoms with Gasteiger partial charge in [-0.1, -0.05) is 25.7 Å². The topological polar surface area (TPSA) is 79.9 Å². The Balaban J connectivity index is 1.80. The molecule has 29 heavy (non-hydrogen) atoms. The van der Waals surface area contributed by atoms with Crippen LogP contribution in [0.4, 0.5) is 10.5 Å². The lowest BCUT2D eigenvalue weighted by Gasteiger charge is -2.39. The van der Waals surface area contributed by atoms with Gasteiger partial charge in [-0.05, 0) is 37.8 Å². The highest BCUT2D eigenvalue weighted by atomic mass is 16.5. The average molecular weight is 404 g/mol. The highest BCUT2D eigenvalue weighted by Crippen LogP contribution is 2.32. The molecule has 1 aliphatic heterocycles. The summed E-state index contributed by atoms with van der Waals surface area (Å²) in [6.45, 7) is 1.41. The Morgan fingerprint density at radius 2 is 1.79 bits per heavy atom. The first-order chi connectivity index (χ1) is 14.1. The number of hydrogen-bond donors (Lipinski definition) is 2. The largest absolute Gasteiger partial charge is 0.493 e. The molecule has 1 aromatic rings. The van der Waals surface area contributed by atoms with Gasteiger partial charge in [-0.3, -0.25) is 4.79 Å². The smallest absolute Gasteiger partial charge is 0.322 e. The van der Waals surface area contributed by atoms with Crippen LogP contribution in [0.1, 0.15) is 51.4 Å². The van der Waals surface area contributed by atoms with Crippen LogP contribution in [-0.2, 0) is 4.79 Å². The van der Waals surface area contributed by atoms with Crippen molar-refractivity contribution >= 4 is 17.6 Å². The molecule has 3 amide bonds. The van der Waals surface area contributed by atoms with E-state index < -0.39 is 0 Å². The Hall–Kier alpha value is -2.44. The lowest BCUT2D eigenvalue weighted by molar-refractivity contribution is -0.127. The summed E-state index contributed by atoms with van der Waals surface area (Å²) in [4.78, 5) is 27.9. The minimum Gasteiger partial charge on any atom is -0.493 e. The number of methoxy groups -OCH3 is 2. The number of carbonyl (C=O) groups excluding carboxylic acids is 2. The third-order valence-corrected chi connectivity index (χ3v) is 5.99. The fourth-order valence-corrected chi connectivity index (χ4v) is 4.42. The van der Waals surface area contributed by atoms with Crippen molar-refractivity contribution in [3.05, 3.63) is 18.2 Å². The summed E-state index contributed by atoms with van der Waals surface area (Å²) >= 11 is 0. The average Bonchev–Trinajstić information content (AvgIpc) is 2.78. The number of hydrogen-bond acceptors (Lipinski definition) is 4. The van der Waals surface area contributed by atoms with E-state index in [1.807, 2.05) is 4.90 Å². The second-order valence-corrected chi connectivity index (χ2v) is 7.86. The van der Waals surface area contributed by atoms with Gasteiger partial charge in [0.25, 0.3) is 0 Å². The van der Waals surface area contributed by atoms with Gasteiger partial charge in [-0.25, -0.2) is 4.79 Å². The summed E-state index contributed by atoms with van der Waals surface area (Å²) in [6, 6.07) is 5.13. The van der Waals surface area contributed by atoms with Crippen LogP contribution < -0.4 is 20.1 Å². The Bertz CT molecular complexity index is 709. The molecule has 2 N–H and O–H groups in total. The van der Waals surface area contributed by atoms with E-state index >= 15 is 0 Å². The summed E-state index contributed by atoms with van der Waals surface area (Å²) in [6.07, 6.45) is 7.90. The maximum Gasteiger partial charge on any atom is 0.322 e. The molecule has 1 saturated heterocycles. The zero-order valence-electron chi connectivity index (χ0n) is 17.5. The molecule has 0 bridgehead atoms. The van der Waals surface area contributed by atoms with Crippen molar-refractivity contribution in [1.29, 1.82) is 0 Å². The summed E-state index contributed by atoms with van der Waals surface area (Å²) < 4.78 is 10.6. The lowest BCUT2D eigenvalue weighted by atomic mass is 9.82. The van der Waals surface area contributed by atoms with Crippen LogP contribution in [0.2, 0.25) is 0 Å². The third-order valence-electron chi connectivity index (χ3n) is 5.99. The van der Waals surface area contributed by atoms with Crippen molar-refractivity contribution in [2.75, 3.05) is 32.6 Å². The van der Waals surface area contributed by atoms with Crippen molar-refractivity contribution in [3.8, 4) is 11.5 Å². The second-order valence-electron chi connectivity index (χ2n) is 7.86. The van der Waals surface area contributed by atoms with Crippen molar-refractivity contribution < 1.29 is 19.1 Å². The maximum absolute atomic E-state index is 13.2. The van der Waals surface area contributed by atoms with Gasteiger partial charge < -0.3 is 25.0 Å². The van der Waals surface area contributed by atoms with Gasteiger partial charge in [0.15, 0.2) is 11.5 Å². The number of nitrogens with one attached hydrogen (secondary N) is 2. The maximum atomic E-state index is 13.2. The zero-order chi connectivity index (χ0) is 20.6. The Morgan fingerprint density at radius 1 is 1.03 bits per heavy atom. The zero-order valence-corrected chi connectivity index (χ0v) is 17.5. The monoisotopic (exact) mass is 403 g/mol. The van der Waals surface area contributed by atoms with Crippen molar-refractivity contribution in [2.24, 2.45) is 5.92 Å². The van der Waals surface area contributed by atoms with Gasteiger partial charge in [0, 0.05) is 30.9 Å². The molecule has 0 aromatic heterocycles. The predicted octanol–water partition coefficient (Wildman–Crippen LogP) is 3.79. The molecule has 2 fully saturated rings. The van der Waals surface area contributed by atoms with Gasteiger partial charge in [0.05, 0.1) is 20.1 Å². The molecule has 0 spiro atoms. The second kappa shape index (κ2) is 10.4. The van der Waals surface area contributed by atoms with E-state index in [1.165, 1.54) is 0 Å². The summed E-state index contributed by atoms with van der Waals surface area (Å²) in [5.41, 5.74) is 0.652. The number of benzene rings is 1. The molecule has 1 heterocycles. The van der Waals surface area contributed by atoms with Crippen LogP contribution >= 0.6 is 0 Å². The minimum absolute atomic E-state index is 0.0537. The van der Waals surface area contributed by atoms with Gasteiger partial charge in [0.1, 0.15) is 0 Å². The number of rotatable bonds is 3. The van der Waals surface area contributed by atoms with Crippen molar-refractivity contribution in [1.82, 2.24) is 10.2 Å². The molecule has 3 rings (SSSR count). The number of nitrogens with zero attached hydrogens (tertiary/aromatic N) is 1. The fraction of sp³-hybridized carbons (Fsp3) is 0.636. The standard InChI is InChI=1S/C22H33N3O4/c1-28-19-12-11-16(15-20(19)29-2)24-22(27)25-14-8-4-3-7-13-23-21(26)17-9-5-6-10-18(17)25/h11-12,15,17-18H,3-10,13-14H2,1-2H3,(H,23,26)(H,24,27)/t17-,18+/m1/s1. The highest BCUT2D eigenvalue weighted by molar-refractivity contribution is 5.90. The molecule has 2 aliphatic rings. The first kappa shape index (κ1) is 21.3. The number of carbonyl (C=O) groups is 2. The van der Waals surface area contributed by atoms with E-state index in [1.54, 1.807) is 32.4 Å². The van der Waals surface area contributed by atoms with Crippen LogP contribution in [0.5, 0.6) is 11.5 Å². The van der Waals surface area contributed by atoms with Gasteiger partial charge in [0.2, 0.25) is 5.91 Å². The Kier molecular flexibility index (Phi) is 7.61. The quantitative estimate of drug-likeness (QED) is 0.805. The molecule has 0 unspecified atom stereocenters. The number of fused-ring (bicyclic) bond motifs is 1. The van der Waals surface area contributed by atoms with E-state index in [4.69, 9.17) is 9.47 Å². The van der Waals surface area contributed by atoms with Crippen LogP contribution in [0.25, 0.3) is 0 Å². The minimum atomic E-state index is -0.152.